The fourth-order valence-electron chi connectivity index (χ4n) is 1.92. The van der Waals surface area contributed by atoms with E-state index in [1.807, 2.05) is 0 Å². The second-order valence-corrected chi connectivity index (χ2v) is 6.77. The fourth-order valence-corrected chi connectivity index (χ4v) is 3.57. The van der Waals surface area contributed by atoms with Crippen molar-refractivity contribution in [3.63, 3.8) is 0 Å². The third-order valence-electron chi connectivity index (χ3n) is 2.96. The monoisotopic (exact) mass is 353 g/mol. The van der Waals surface area contributed by atoms with Crippen LogP contribution in [0.1, 0.15) is 0 Å². The SMILES string of the molecule is O=C(CSc1nnc(Nc2cccc(F)c2)s1)N1CCNC1=O. The van der Waals surface area contributed by atoms with Crippen LogP contribution in [0, 0.1) is 5.82 Å². The summed E-state index contributed by atoms with van der Waals surface area (Å²) in [6.45, 7) is 0.872. The molecule has 1 aromatic carbocycles. The van der Waals surface area contributed by atoms with Crippen LogP contribution in [0.3, 0.4) is 0 Å². The first-order valence-electron chi connectivity index (χ1n) is 6.69. The first-order chi connectivity index (χ1) is 11.1. The Morgan fingerprint density at radius 3 is 3.09 bits per heavy atom. The van der Waals surface area contributed by atoms with Gasteiger partial charge in [0.25, 0.3) is 0 Å². The third kappa shape index (κ3) is 3.96. The lowest BCUT2D eigenvalue weighted by Crippen LogP contribution is -2.35. The van der Waals surface area contributed by atoms with Gasteiger partial charge in [-0.05, 0) is 18.2 Å². The highest BCUT2D eigenvalue weighted by Gasteiger charge is 2.26. The predicted octanol–water partition coefficient (Wildman–Crippen LogP) is 2.06. The molecule has 0 saturated carbocycles. The number of halogens is 1. The highest BCUT2D eigenvalue weighted by Crippen LogP contribution is 2.28. The number of aromatic nitrogens is 2. The van der Waals surface area contributed by atoms with Gasteiger partial charge in [0.2, 0.25) is 11.0 Å². The molecule has 1 saturated heterocycles. The number of amides is 3. The molecule has 0 atom stereocenters. The van der Waals surface area contributed by atoms with Crippen molar-refractivity contribution in [2.45, 2.75) is 4.34 Å². The molecular formula is C13H12FN5O2S2. The molecule has 1 aromatic heterocycles. The zero-order chi connectivity index (χ0) is 16.2. The van der Waals surface area contributed by atoms with Gasteiger partial charge >= 0.3 is 6.03 Å². The van der Waals surface area contributed by atoms with Gasteiger partial charge in [-0.25, -0.2) is 9.18 Å². The summed E-state index contributed by atoms with van der Waals surface area (Å²) in [6.07, 6.45) is 0. The molecule has 120 valence electrons. The van der Waals surface area contributed by atoms with Gasteiger partial charge in [0.1, 0.15) is 5.82 Å². The van der Waals surface area contributed by atoms with Crippen molar-refractivity contribution in [1.29, 1.82) is 0 Å². The smallest absolute Gasteiger partial charge is 0.324 e. The van der Waals surface area contributed by atoms with E-state index in [1.165, 1.54) is 40.1 Å². The van der Waals surface area contributed by atoms with E-state index in [4.69, 9.17) is 0 Å². The summed E-state index contributed by atoms with van der Waals surface area (Å²) >= 11 is 2.47. The molecule has 2 N–H and O–H groups in total. The second kappa shape index (κ2) is 6.92. The minimum atomic E-state index is -0.360. The fraction of sp³-hybridized carbons (Fsp3) is 0.231. The Morgan fingerprint density at radius 1 is 1.48 bits per heavy atom. The average Bonchev–Trinajstić information content (AvgIpc) is 3.14. The number of thioether (sulfide) groups is 1. The normalized spacial score (nSPS) is 14.0. The van der Waals surface area contributed by atoms with Crippen LogP contribution in [0.25, 0.3) is 0 Å². The topological polar surface area (TPSA) is 87.2 Å². The first-order valence-corrected chi connectivity index (χ1v) is 8.49. The van der Waals surface area contributed by atoms with Crippen molar-refractivity contribution in [2.75, 3.05) is 24.2 Å². The number of rotatable bonds is 5. The number of hydrogen-bond donors (Lipinski definition) is 2. The molecule has 0 spiro atoms. The number of benzene rings is 1. The quantitative estimate of drug-likeness (QED) is 0.800. The van der Waals surface area contributed by atoms with Crippen LogP contribution >= 0.6 is 23.1 Å². The van der Waals surface area contributed by atoms with Gasteiger partial charge in [-0.15, -0.1) is 10.2 Å². The van der Waals surface area contributed by atoms with Crippen LogP contribution in [0.5, 0.6) is 0 Å². The van der Waals surface area contributed by atoms with Crippen LogP contribution in [0.2, 0.25) is 0 Å². The minimum absolute atomic E-state index is 0.113. The van der Waals surface area contributed by atoms with Gasteiger partial charge in [0, 0.05) is 18.8 Å². The molecule has 10 heteroatoms. The third-order valence-corrected chi connectivity index (χ3v) is 4.92. The van der Waals surface area contributed by atoms with Crippen molar-refractivity contribution < 1.29 is 14.0 Å². The van der Waals surface area contributed by atoms with Crippen molar-refractivity contribution in [2.24, 2.45) is 0 Å². The molecule has 3 rings (SSSR count). The van der Waals surface area contributed by atoms with Gasteiger partial charge < -0.3 is 10.6 Å². The number of urea groups is 1. The van der Waals surface area contributed by atoms with E-state index in [1.54, 1.807) is 12.1 Å². The molecular weight excluding hydrogens is 341 g/mol. The molecule has 1 fully saturated rings. The number of carbonyl (C=O) groups excluding carboxylic acids is 2. The van der Waals surface area contributed by atoms with E-state index >= 15 is 0 Å². The summed E-state index contributed by atoms with van der Waals surface area (Å²) in [5, 5.41) is 13.9. The van der Waals surface area contributed by atoms with Crippen LogP contribution in [-0.2, 0) is 4.79 Å². The van der Waals surface area contributed by atoms with E-state index in [0.29, 0.717) is 28.2 Å². The van der Waals surface area contributed by atoms with Crippen molar-refractivity contribution >= 4 is 45.9 Å². The van der Waals surface area contributed by atoms with E-state index in [0.717, 1.165) is 0 Å². The molecule has 0 unspecified atom stereocenters. The second-order valence-electron chi connectivity index (χ2n) is 4.57. The van der Waals surface area contributed by atoms with Crippen LogP contribution < -0.4 is 10.6 Å². The number of nitrogens with one attached hydrogen (secondary N) is 2. The van der Waals surface area contributed by atoms with E-state index in [2.05, 4.69) is 20.8 Å². The standard InChI is InChI=1S/C13H12FN5O2S2/c14-8-2-1-3-9(6-8)16-11-17-18-13(23-11)22-7-10(20)19-5-4-15-12(19)21/h1-3,6H,4-5,7H2,(H,15,21)(H,16,17). The van der Waals surface area contributed by atoms with Gasteiger partial charge in [0.15, 0.2) is 4.34 Å². The number of imide groups is 1. The van der Waals surface area contributed by atoms with E-state index in [-0.39, 0.29) is 23.5 Å². The summed E-state index contributed by atoms with van der Waals surface area (Å²) < 4.78 is 13.7. The lowest BCUT2D eigenvalue weighted by molar-refractivity contribution is -0.124. The van der Waals surface area contributed by atoms with Crippen molar-refractivity contribution in [3.05, 3.63) is 30.1 Å². The van der Waals surface area contributed by atoms with E-state index < -0.39 is 0 Å². The maximum absolute atomic E-state index is 13.1. The van der Waals surface area contributed by atoms with Crippen molar-refractivity contribution in [3.8, 4) is 0 Å². The molecule has 0 bridgehead atoms. The van der Waals surface area contributed by atoms with Gasteiger partial charge in [-0.2, -0.15) is 0 Å². The Hall–Kier alpha value is -2.20. The predicted molar refractivity (Wildman–Crippen MR) is 85.4 cm³/mol. The number of carbonyl (C=O) groups is 2. The summed E-state index contributed by atoms with van der Waals surface area (Å²) in [6, 6.07) is 5.65. The van der Waals surface area contributed by atoms with Crippen LogP contribution in [0.15, 0.2) is 28.6 Å². The molecule has 3 amide bonds. The Kier molecular flexibility index (Phi) is 4.72. The van der Waals surface area contributed by atoms with E-state index in [9.17, 15) is 14.0 Å². The maximum atomic E-state index is 13.1. The highest BCUT2D eigenvalue weighted by atomic mass is 32.2. The van der Waals surface area contributed by atoms with Gasteiger partial charge in [-0.3, -0.25) is 9.69 Å². The summed E-state index contributed by atoms with van der Waals surface area (Å²) in [7, 11) is 0. The number of anilines is 2. The molecule has 2 aromatic rings. The molecule has 1 aliphatic rings. The number of nitrogens with zero attached hydrogens (tertiary/aromatic N) is 3. The molecule has 0 aliphatic carbocycles. The van der Waals surface area contributed by atoms with Crippen LogP contribution in [0.4, 0.5) is 20.0 Å². The summed E-state index contributed by atoms with van der Waals surface area (Å²) in [5.74, 6) is -0.495. The number of hydrogen-bond acceptors (Lipinski definition) is 7. The highest BCUT2D eigenvalue weighted by molar-refractivity contribution is 8.01. The van der Waals surface area contributed by atoms with Gasteiger partial charge in [-0.1, -0.05) is 29.2 Å². The summed E-state index contributed by atoms with van der Waals surface area (Å²) in [4.78, 5) is 24.5. The summed E-state index contributed by atoms with van der Waals surface area (Å²) in [5.41, 5.74) is 0.572. The van der Waals surface area contributed by atoms with Crippen molar-refractivity contribution in [1.82, 2.24) is 20.4 Å². The molecule has 0 radical (unpaired) electrons. The Bertz CT molecular complexity index is 739. The maximum Gasteiger partial charge on any atom is 0.324 e. The molecule has 1 aliphatic heterocycles. The Labute approximate surface area is 139 Å². The Morgan fingerprint density at radius 2 is 2.35 bits per heavy atom. The van der Waals surface area contributed by atoms with Crippen LogP contribution in [-0.4, -0.2) is 45.9 Å². The lowest BCUT2D eigenvalue weighted by atomic mass is 10.3. The average molecular weight is 353 g/mol. The molecule has 23 heavy (non-hydrogen) atoms. The van der Waals surface area contributed by atoms with Gasteiger partial charge in [0.05, 0.1) is 5.75 Å². The molecule has 7 nitrogen and oxygen atoms in total. The first kappa shape index (κ1) is 15.7. The molecule has 2 heterocycles. The zero-order valence-electron chi connectivity index (χ0n) is 11.8. The minimum Gasteiger partial charge on any atom is -0.336 e. The largest absolute Gasteiger partial charge is 0.336 e. The zero-order valence-corrected chi connectivity index (χ0v) is 13.4. The Balaban J connectivity index is 1.55. The lowest BCUT2D eigenvalue weighted by Gasteiger charge is -2.10.